The molecular formula is C22H34N2O3. The SMILES string of the molecule is CC(C)Oc1ccc(CC(=O)N2CCCN(C(=O)CC(C)(C)C)CC2)cc1. The predicted molar refractivity (Wildman–Crippen MR) is 108 cm³/mol. The summed E-state index contributed by atoms with van der Waals surface area (Å²) in [6, 6.07) is 7.73. The van der Waals surface area contributed by atoms with Crippen molar-refractivity contribution in [2.24, 2.45) is 5.41 Å². The maximum atomic E-state index is 12.7. The van der Waals surface area contributed by atoms with Crippen LogP contribution in [0, 0.1) is 5.41 Å². The normalized spacial score (nSPS) is 15.6. The number of ether oxygens (including phenoxy) is 1. The van der Waals surface area contributed by atoms with Crippen LogP contribution in [-0.2, 0) is 16.0 Å². The fourth-order valence-electron chi connectivity index (χ4n) is 3.23. The number of nitrogens with zero attached hydrogens (tertiary/aromatic N) is 2. The molecule has 0 aliphatic carbocycles. The quantitative estimate of drug-likeness (QED) is 0.792. The van der Waals surface area contributed by atoms with Crippen molar-refractivity contribution in [3.05, 3.63) is 29.8 Å². The molecule has 27 heavy (non-hydrogen) atoms. The fourth-order valence-corrected chi connectivity index (χ4v) is 3.23. The number of amides is 2. The van der Waals surface area contributed by atoms with E-state index in [-0.39, 0.29) is 23.3 Å². The Balaban J connectivity index is 1.87. The molecule has 0 N–H and O–H groups in total. The molecule has 0 radical (unpaired) electrons. The van der Waals surface area contributed by atoms with E-state index >= 15 is 0 Å². The molecule has 1 aliphatic heterocycles. The molecule has 2 amide bonds. The molecule has 1 aromatic carbocycles. The number of hydrogen-bond donors (Lipinski definition) is 0. The number of hydrogen-bond acceptors (Lipinski definition) is 3. The van der Waals surface area contributed by atoms with Gasteiger partial charge in [0.25, 0.3) is 0 Å². The summed E-state index contributed by atoms with van der Waals surface area (Å²) in [6.45, 7) is 12.9. The Morgan fingerprint density at radius 1 is 0.963 bits per heavy atom. The van der Waals surface area contributed by atoms with Crippen molar-refractivity contribution in [2.75, 3.05) is 26.2 Å². The highest BCUT2D eigenvalue weighted by Crippen LogP contribution is 2.21. The zero-order valence-corrected chi connectivity index (χ0v) is 17.5. The van der Waals surface area contributed by atoms with Crippen molar-refractivity contribution in [1.82, 2.24) is 9.80 Å². The van der Waals surface area contributed by atoms with Gasteiger partial charge in [0, 0.05) is 32.6 Å². The molecule has 150 valence electrons. The zero-order chi connectivity index (χ0) is 20.0. The van der Waals surface area contributed by atoms with Gasteiger partial charge >= 0.3 is 0 Å². The van der Waals surface area contributed by atoms with E-state index in [4.69, 9.17) is 4.74 Å². The molecule has 1 saturated heterocycles. The maximum Gasteiger partial charge on any atom is 0.227 e. The third kappa shape index (κ3) is 7.24. The second-order valence-electron chi connectivity index (χ2n) is 8.84. The van der Waals surface area contributed by atoms with Crippen LogP contribution in [0.2, 0.25) is 0 Å². The topological polar surface area (TPSA) is 49.9 Å². The summed E-state index contributed by atoms with van der Waals surface area (Å²) in [5.41, 5.74) is 0.977. The lowest BCUT2D eigenvalue weighted by atomic mass is 9.91. The van der Waals surface area contributed by atoms with Crippen LogP contribution >= 0.6 is 0 Å². The first kappa shape index (κ1) is 21.3. The van der Waals surface area contributed by atoms with Crippen molar-refractivity contribution in [3.63, 3.8) is 0 Å². The third-order valence-corrected chi connectivity index (χ3v) is 4.53. The van der Waals surface area contributed by atoms with Crippen LogP contribution in [0.25, 0.3) is 0 Å². The molecule has 0 aromatic heterocycles. The molecule has 0 unspecified atom stereocenters. The summed E-state index contributed by atoms with van der Waals surface area (Å²) >= 11 is 0. The molecule has 5 nitrogen and oxygen atoms in total. The van der Waals surface area contributed by atoms with E-state index < -0.39 is 0 Å². The highest BCUT2D eigenvalue weighted by Gasteiger charge is 2.25. The lowest BCUT2D eigenvalue weighted by Crippen LogP contribution is -2.38. The fraction of sp³-hybridized carbons (Fsp3) is 0.636. The Morgan fingerprint density at radius 2 is 1.52 bits per heavy atom. The Morgan fingerprint density at radius 3 is 2.04 bits per heavy atom. The smallest absolute Gasteiger partial charge is 0.227 e. The molecule has 0 saturated carbocycles. The standard InChI is InChI=1S/C22H34N2O3/c1-17(2)27-19-9-7-18(8-10-19)15-20(25)23-11-6-12-24(14-13-23)21(26)16-22(3,4)5/h7-10,17H,6,11-16H2,1-5H3. The van der Waals surface area contributed by atoms with Gasteiger partial charge in [-0.2, -0.15) is 0 Å². The largest absolute Gasteiger partial charge is 0.491 e. The summed E-state index contributed by atoms with van der Waals surface area (Å²) in [6.07, 6.45) is 1.91. The van der Waals surface area contributed by atoms with Crippen LogP contribution in [0.4, 0.5) is 0 Å². The summed E-state index contributed by atoms with van der Waals surface area (Å²) in [5, 5.41) is 0. The minimum atomic E-state index is -0.00958. The number of rotatable bonds is 5. The van der Waals surface area contributed by atoms with Gasteiger partial charge in [-0.25, -0.2) is 0 Å². The molecule has 1 aromatic rings. The number of carbonyl (C=O) groups is 2. The average molecular weight is 375 g/mol. The number of benzene rings is 1. The van der Waals surface area contributed by atoms with Crippen molar-refractivity contribution in [1.29, 1.82) is 0 Å². The van der Waals surface area contributed by atoms with Crippen molar-refractivity contribution in [2.45, 2.75) is 60.0 Å². The molecule has 0 atom stereocenters. The summed E-state index contributed by atoms with van der Waals surface area (Å²) in [7, 11) is 0. The molecule has 1 aliphatic rings. The lowest BCUT2D eigenvalue weighted by molar-refractivity contribution is -0.134. The van der Waals surface area contributed by atoms with Crippen LogP contribution in [0.3, 0.4) is 0 Å². The van der Waals surface area contributed by atoms with E-state index in [9.17, 15) is 9.59 Å². The van der Waals surface area contributed by atoms with Gasteiger partial charge in [0.15, 0.2) is 0 Å². The summed E-state index contributed by atoms with van der Waals surface area (Å²) < 4.78 is 5.64. The van der Waals surface area contributed by atoms with Crippen LogP contribution < -0.4 is 4.74 Å². The minimum absolute atomic E-state index is 0.00958. The van der Waals surface area contributed by atoms with Gasteiger partial charge in [-0.05, 0) is 43.4 Å². The lowest BCUT2D eigenvalue weighted by Gasteiger charge is -2.25. The molecule has 5 heteroatoms. The third-order valence-electron chi connectivity index (χ3n) is 4.53. The van der Waals surface area contributed by atoms with Crippen LogP contribution in [0.15, 0.2) is 24.3 Å². The number of carbonyl (C=O) groups excluding carboxylic acids is 2. The van der Waals surface area contributed by atoms with E-state index in [1.165, 1.54) is 0 Å². The highest BCUT2D eigenvalue weighted by atomic mass is 16.5. The van der Waals surface area contributed by atoms with Gasteiger partial charge < -0.3 is 14.5 Å². The summed E-state index contributed by atoms with van der Waals surface area (Å²) in [4.78, 5) is 28.9. The monoisotopic (exact) mass is 374 g/mol. The van der Waals surface area contributed by atoms with E-state index in [1.54, 1.807) is 0 Å². The van der Waals surface area contributed by atoms with Crippen LogP contribution in [-0.4, -0.2) is 53.9 Å². The first-order valence-corrected chi connectivity index (χ1v) is 9.95. The van der Waals surface area contributed by atoms with Gasteiger partial charge in [-0.15, -0.1) is 0 Å². The zero-order valence-electron chi connectivity index (χ0n) is 17.5. The first-order chi connectivity index (χ1) is 12.6. The van der Waals surface area contributed by atoms with Crippen molar-refractivity contribution in [3.8, 4) is 5.75 Å². The second kappa shape index (κ2) is 9.25. The van der Waals surface area contributed by atoms with Crippen LogP contribution in [0.1, 0.15) is 53.0 Å². The Bertz CT molecular complexity index is 632. The highest BCUT2D eigenvalue weighted by molar-refractivity contribution is 5.79. The van der Waals surface area contributed by atoms with Gasteiger partial charge in [0.1, 0.15) is 5.75 Å². The first-order valence-electron chi connectivity index (χ1n) is 9.95. The van der Waals surface area contributed by atoms with Gasteiger partial charge in [-0.3, -0.25) is 9.59 Å². The summed E-state index contributed by atoms with van der Waals surface area (Å²) in [5.74, 6) is 1.14. The molecular weight excluding hydrogens is 340 g/mol. The molecule has 0 bridgehead atoms. The second-order valence-corrected chi connectivity index (χ2v) is 8.84. The molecule has 2 rings (SSSR count). The maximum absolute atomic E-state index is 12.7. The van der Waals surface area contributed by atoms with E-state index in [0.717, 1.165) is 24.3 Å². The van der Waals surface area contributed by atoms with Crippen LogP contribution in [0.5, 0.6) is 5.75 Å². The van der Waals surface area contributed by atoms with Gasteiger partial charge in [0.05, 0.1) is 12.5 Å². The molecule has 0 spiro atoms. The molecule has 1 heterocycles. The predicted octanol–water partition coefficient (Wildman–Crippen LogP) is 3.51. The molecule has 1 fully saturated rings. The Hall–Kier alpha value is -2.04. The van der Waals surface area contributed by atoms with Gasteiger partial charge in [0.2, 0.25) is 11.8 Å². The minimum Gasteiger partial charge on any atom is -0.491 e. The Labute approximate surface area is 163 Å². The Kier molecular flexibility index (Phi) is 7.28. The van der Waals surface area contributed by atoms with E-state index in [0.29, 0.717) is 32.5 Å². The van der Waals surface area contributed by atoms with Crippen molar-refractivity contribution < 1.29 is 14.3 Å². The van der Waals surface area contributed by atoms with Crippen molar-refractivity contribution >= 4 is 11.8 Å². The average Bonchev–Trinajstić information content (AvgIpc) is 2.81. The van der Waals surface area contributed by atoms with E-state index in [1.807, 2.05) is 47.9 Å². The van der Waals surface area contributed by atoms with E-state index in [2.05, 4.69) is 20.8 Å². The van der Waals surface area contributed by atoms with Gasteiger partial charge in [-0.1, -0.05) is 32.9 Å².